The zero-order valence-electron chi connectivity index (χ0n) is 10.5. The third-order valence-corrected chi connectivity index (χ3v) is 3.17. The van der Waals surface area contributed by atoms with E-state index in [0.29, 0.717) is 11.6 Å². The van der Waals surface area contributed by atoms with Gasteiger partial charge >= 0.3 is 0 Å². The van der Waals surface area contributed by atoms with Crippen molar-refractivity contribution in [1.29, 1.82) is 0 Å². The number of imidazole rings is 1. The van der Waals surface area contributed by atoms with Gasteiger partial charge in [0.1, 0.15) is 5.75 Å². The molecule has 0 aliphatic carbocycles. The lowest BCUT2D eigenvalue weighted by Crippen LogP contribution is -2.15. The predicted molar refractivity (Wildman–Crippen MR) is 71.8 cm³/mol. The number of hydrogen-bond donors (Lipinski definition) is 1. The second-order valence-corrected chi connectivity index (χ2v) is 4.43. The molecular formula is C13H16ClN3O. The fraction of sp³-hybridized carbons (Fsp3) is 0.308. The minimum absolute atomic E-state index is 0.661. The number of methoxy groups -OCH3 is 1. The number of halogens is 1. The lowest BCUT2D eigenvalue weighted by Gasteiger charge is -2.11. The van der Waals surface area contributed by atoms with Crippen LogP contribution in [0.25, 0.3) is 0 Å². The molecule has 0 fully saturated rings. The predicted octanol–water partition coefficient (Wildman–Crippen LogP) is 2.37. The normalized spacial score (nSPS) is 10.6. The van der Waals surface area contributed by atoms with Crippen LogP contribution in [-0.4, -0.2) is 16.7 Å². The fourth-order valence-corrected chi connectivity index (χ4v) is 2.00. The standard InChI is InChI=1S/C13H16ClN3O/c1-17-9-16-7-10(17)6-15-8-11-12(14)4-3-5-13(11)18-2/h3-5,7,9,15H,6,8H2,1-2H3. The molecule has 5 heteroatoms. The third kappa shape index (κ3) is 2.83. The van der Waals surface area contributed by atoms with E-state index in [4.69, 9.17) is 16.3 Å². The Labute approximate surface area is 112 Å². The van der Waals surface area contributed by atoms with Gasteiger partial charge in [-0.2, -0.15) is 0 Å². The van der Waals surface area contributed by atoms with Crippen LogP contribution in [0.3, 0.4) is 0 Å². The molecule has 0 spiro atoms. The molecule has 4 nitrogen and oxygen atoms in total. The molecule has 1 heterocycles. The Kier molecular flexibility index (Phi) is 4.23. The first kappa shape index (κ1) is 12.9. The van der Waals surface area contributed by atoms with Gasteiger partial charge in [0.2, 0.25) is 0 Å². The topological polar surface area (TPSA) is 39.1 Å². The highest BCUT2D eigenvalue weighted by Gasteiger charge is 2.07. The highest BCUT2D eigenvalue weighted by molar-refractivity contribution is 6.31. The summed E-state index contributed by atoms with van der Waals surface area (Å²) in [6.07, 6.45) is 3.63. The second kappa shape index (κ2) is 5.89. The number of ether oxygens (including phenoxy) is 1. The molecule has 0 saturated carbocycles. The zero-order chi connectivity index (χ0) is 13.0. The summed E-state index contributed by atoms with van der Waals surface area (Å²) < 4.78 is 7.28. The first-order valence-electron chi connectivity index (χ1n) is 5.69. The van der Waals surface area contributed by atoms with Gasteiger partial charge in [0.15, 0.2) is 0 Å². The Morgan fingerprint density at radius 2 is 2.22 bits per heavy atom. The summed E-state index contributed by atoms with van der Waals surface area (Å²) in [7, 11) is 3.62. The molecule has 18 heavy (non-hydrogen) atoms. The van der Waals surface area contributed by atoms with Crippen molar-refractivity contribution < 1.29 is 4.74 Å². The Bertz CT molecular complexity index is 525. The minimum atomic E-state index is 0.661. The van der Waals surface area contributed by atoms with Crippen LogP contribution in [0.4, 0.5) is 0 Å². The van der Waals surface area contributed by atoms with E-state index in [1.165, 1.54) is 0 Å². The number of aryl methyl sites for hydroxylation is 1. The number of hydrogen-bond acceptors (Lipinski definition) is 3. The van der Waals surface area contributed by atoms with E-state index in [0.717, 1.165) is 23.6 Å². The molecular weight excluding hydrogens is 250 g/mol. The van der Waals surface area contributed by atoms with Crippen molar-refractivity contribution in [3.63, 3.8) is 0 Å². The molecule has 1 N–H and O–H groups in total. The third-order valence-electron chi connectivity index (χ3n) is 2.82. The van der Waals surface area contributed by atoms with Crippen molar-refractivity contribution in [2.45, 2.75) is 13.1 Å². The van der Waals surface area contributed by atoms with Crippen LogP contribution < -0.4 is 10.1 Å². The van der Waals surface area contributed by atoms with Crippen LogP contribution in [0.2, 0.25) is 5.02 Å². The quantitative estimate of drug-likeness (QED) is 0.902. The van der Waals surface area contributed by atoms with Gasteiger partial charge in [-0.15, -0.1) is 0 Å². The van der Waals surface area contributed by atoms with Crippen LogP contribution in [0.1, 0.15) is 11.3 Å². The maximum atomic E-state index is 6.16. The summed E-state index contributed by atoms with van der Waals surface area (Å²) >= 11 is 6.16. The van der Waals surface area contributed by atoms with E-state index in [9.17, 15) is 0 Å². The number of rotatable bonds is 5. The van der Waals surface area contributed by atoms with Crippen LogP contribution in [0, 0.1) is 0 Å². The maximum Gasteiger partial charge on any atom is 0.124 e. The minimum Gasteiger partial charge on any atom is -0.496 e. The smallest absolute Gasteiger partial charge is 0.124 e. The van der Waals surface area contributed by atoms with Gasteiger partial charge in [0.25, 0.3) is 0 Å². The van der Waals surface area contributed by atoms with E-state index in [1.807, 2.05) is 36.0 Å². The summed E-state index contributed by atoms with van der Waals surface area (Å²) in [4.78, 5) is 4.07. The van der Waals surface area contributed by atoms with Crippen LogP contribution in [-0.2, 0) is 20.1 Å². The van der Waals surface area contributed by atoms with Crippen molar-refractivity contribution in [3.8, 4) is 5.75 Å². The van der Waals surface area contributed by atoms with Crippen LogP contribution in [0.15, 0.2) is 30.7 Å². The van der Waals surface area contributed by atoms with Crippen molar-refractivity contribution in [1.82, 2.24) is 14.9 Å². The van der Waals surface area contributed by atoms with Gasteiger partial charge in [0.05, 0.1) is 19.1 Å². The number of nitrogens with one attached hydrogen (secondary N) is 1. The molecule has 1 aromatic carbocycles. The molecule has 2 aromatic rings. The molecule has 0 bridgehead atoms. The van der Waals surface area contributed by atoms with Crippen molar-refractivity contribution in [2.24, 2.45) is 7.05 Å². The van der Waals surface area contributed by atoms with Gasteiger partial charge in [0, 0.05) is 36.9 Å². The Morgan fingerprint density at radius 1 is 1.39 bits per heavy atom. The van der Waals surface area contributed by atoms with E-state index < -0.39 is 0 Å². The molecule has 96 valence electrons. The highest BCUT2D eigenvalue weighted by Crippen LogP contribution is 2.25. The van der Waals surface area contributed by atoms with Gasteiger partial charge < -0.3 is 14.6 Å². The Balaban J connectivity index is 2.00. The van der Waals surface area contributed by atoms with E-state index in [1.54, 1.807) is 13.4 Å². The molecule has 0 saturated heterocycles. The first-order valence-corrected chi connectivity index (χ1v) is 6.07. The summed E-state index contributed by atoms with van der Waals surface area (Å²) in [5.74, 6) is 0.806. The van der Waals surface area contributed by atoms with Gasteiger partial charge in [-0.05, 0) is 12.1 Å². The zero-order valence-corrected chi connectivity index (χ0v) is 11.2. The monoisotopic (exact) mass is 265 g/mol. The van der Waals surface area contributed by atoms with E-state index in [2.05, 4.69) is 10.3 Å². The fourth-order valence-electron chi connectivity index (χ4n) is 1.77. The maximum absolute atomic E-state index is 6.16. The van der Waals surface area contributed by atoms with Gasteiger partial charge in [-0.3, -0.25) is 0 Å². The second-order valence-electron chi connectivity index (χ2n) is 4.02. The number of benzene rings is 1. The Hall–Kier alpha value is -1.52. The molecule has 0 unspecified atom stereocenters. The molecule has 0 amide bonds. The first-order chi connectivity index (χ1) is 8.72. The largest absolute Gasteiger partial charge is 0.496 e. The van der Waals surface area contributed by atoms with Crippen LogP contribution >= 0.6 is 11.6 Å². The summed E-state index contributed by atoms with van der Waals surface area (Å²) in [5.41, 5.74) is 2.10. The molecule has 1 aromatic heterocycles. The average Bonchev–Trinajstić information content (AvgIpc) is 2.77. The molecule has 0 aliphatic rings. The molecule has 2 rings (SSSR count). The summed E-state index contributed by atoms with van der Waals surface area (Å²) in [6.45, 7) is 1.40. The summed E-state index contributed by atoms with van der Waals surface area (Å²) in [5, 5.41) is 4.05. The van der Waals surface area contributed by atoms with Crippen molar-refractivity contribution >= 4 is 11.6 Å². The highest BCUT2D eigenvalue weighted by atomic mass is 35.5. The molecule has 0 aliphatic heterocycles. The van der Waals surface area contributed by atoms with Gasteiger partial charge in [-0.1, -0.05) is 17.7 Å². The van der Waals surface area contributed by atoms with Gasteiger partial charge in [-0.25, -0.2) is 4.98 Å². The van der Waals surface area contributed by atoms with Crippen molar-refractivity contribution in [3.05, 3.63) is 47.0 Å². The SMILES string of the molecule is COc1cccc(Cl)c1CNCc1cncn1C. The average molecular weight is 266 g/mol. The lowest BCUT2D eigenvalue weighted by molar-refractivity contribution is 0.407. The molecule has 0 atom stereocenters. The van der Waals surface area contributed by atoms with Crippen molar-refractivity contribution in [2.75, 3.05) is 7.11 Å². The summed E-state index contributed by atoms with van der Waals surface area (Å²) in [6, 6.07) is 5.66. The molecule has 0 radical (unpaired) electrons. The lowest BCUT2D eigenvalue weighted by atomic mass is 10.2. The van der Waals surface area contributed by atoms with E-state index in [-0.39, 0.29) is 0 Å². The number of nitrogens with zero attached hydrogens (tertiary/aromatic N) is 2. The number of aromatic nitrogens is 2. The Morgan fingerprint density at radius 3 is 2.89 bits per heavy atom. The van der Waals surface area contributed by atoms with Crippen LogP contribution in [0.5, 0.6) is 5.75 Å². The van der Waals surface area contributed by atoms with E-state index >= 15 is 0 Å².